The van der Waals surface area contributed by atoms with Crippen molar-refractivity contribution in [1.82, 2.24) is 25.1 Å². The number of nitrogens with zero attached hydrogens (tertiary/aromatic N) is 4. The normalized spacial score (nSPS) is 16.2. The van der Waals surface area contributed by atoms with Crippen LogP contribution in [0.4, 0.5) is 23.8 Å². The average molecular weight is 871 g/mol. The number of thiophene rings is 1. The number of nitrogens with one attached hydrogen (secondary N) is 2. The second-order valence-electron chi connectivity index (χ2n) is 16.2. The molecular formula is C45H45F3N6O7S. The first-order valence-electron chi connectivity index (χ1n) is 20.4. The van der Waals surface area contributed by atoms with E-state index in [1.807, 2.05) is 18.2 Å². The van der Waals surface area contributed by atoms with Crippen molar-refractivity contribution >= 4 is 39.3 Å². The van der Waals surface area contributed by atoms with E-state index in [1.165, 1.54) is 29.5 Å². The maximum Gasteiger partial charge on any atom is 0.434 e. The van der Waals surface area contributed by atoms with Gasteiger partial charge in [0.05, 0.1) is 53.0 Å². The highest BCUT2D eigenvalue weighted by atomic mass is 32.1. The molecule has 0 spiro atoms. The van der Waals surface area contributed by atoms with Crippen molar-refractivity contribution in [3.8, 4) is 27.6 Å². The van der Waals surface area contributed by atoms with E-state index in [2.05, 4.69) is 20.5 Å². The van der Waals surface area contributed by atoms with Crippen molar-refractivity contribution in [3.63, 3.8) is 0 Å². The van der Waals surface area contributed by atoms with Crippen LogP contribution in [0.25, 0.3) is 32.0 Å². The van der Waals surface area contributed by atoms with E-state index in [9.17, 15) is 27.6 Å². The highest BCUT2D eigenvalue weighted by Gasteiger charge is 2.40. The molecular weight excluding hydrogens is 826 g/mol. The standard InChI is InChI=1S/C45H45F3N6O7S/c1-6-59-42(55)36-35(33-22-24-21-30(39(47)48)51-40(38(24)62-33)50-28-19-17-27-26(28)9-7-11-32(27)58-5)34(41-52-53-43(56)60-41)29(18-14-23-12-15-25(46)16-13-23)49-37(36)31-10-8-20-54(31)44(57)61-45(2,3)4/h7,9,11-13,15-16,21-22,28,31,39H,6,8,10,14,17-20H2,1-5H3,(H,50,51)(H,53,56)/t28-,31+/m1/s1. The summed E-state index contributed by atoms with van der Waals surface area (Å²) in [6.07, 6.45) is -0.637. The van der Waals surface area contributed by atoms with E-state index in [1.54, 1.807) is 57.9 Å². The number of methoxy groups -OCH3 is 1. The topological polar surface area (TPSA) is 162 Å². The molecule has 0 saturated carbocycles. The molecule has 2 aromatic carbocycles. The lowest BCUT2D eigenvalue weighted by molar-refractivity contribution is 0.0217. The third kappa shape index (κ3) is 8.49. The quantitative estimate of drug-likeness (QED) is 0.113. The summed E-state index contributed by atoms with van der Waals surface area (Å²) < 4.78 is 66.6. The minimum Gasteiger partial charge on any atom is -0.496 e. The Bertz CT molecular complexity index is 2710. The third-order valence-electron chi connectivity index (χ3n) is 10.9. The first-order chi connectivity index (χ1) is 29.7. The highest BCUT2D eigenvalue weighted by Crippen LogP contribution is 2.48. The Kier molecular flexibility index (Phi) is 11.8. The predicted octanol–water partition coefficient (Wildman–Crippen LogP) is 9.92. The van der Waals surface area contributed by atoms with Crippen molar-refractivity contribution in [1.29, 1.82) is 0 Å². The van der Waals surface area contributed by atoms with Gasteiger partial charge in [-0.15, -0.1) is 16.4 Å². The monoisotopic (exact) mass is 870 g/mol. The van der Waals surface area contributed by atoms with Crippen LogP contribution in [0.5, 0.6) is 5.75 Å². The van der Waals surface area contributed by atoms with Crippen LogP contribution in [0.3, 0.4) is 0 Å². The van der Waals surface area contributed by atoms with Gasteiger partial charge >= 0.3 is 17.8 Å². The fraction of sp³-hybridized carbons (Fsp3) is 0.378. The zero-order valence-electron chi connectivity index (χ0n) is 34.8. The largest absolute Gasteiger partial charge is 0.496 e. The van der Waals surface area contributed by atoms with Gasteiger partial charge in [0.25, 0.3) is 12.3 Å². The fourth-order valence-electron chi connectivity index (χ4n) is 8.33. The zero-order valence-corrected chi connectivity index (χ0v) is 35.6. The second kappa shape index (κ2) is 17.3. The van der Waals surface area contributed by atoms with Crippen LogP contribution in [0.1, 0.15) is 110 Å². The maximum absolute atomic E-state index is 14.6. The Morgan fingerprint density at radius 2 is 1.85 bits per heavy atom. The first-order valence-corrected chi connectivity index (χ1v) is 21.2. The number of aryl methyl sites for hydroxylation is 2. The van der Waals surface area contributed by atoms with E-state index in [0.717, 1.165) is 22.4 Å². The van der Waals surface area contributed by atoms with E-state index in [0.29, 0.717) is 59.3 Å². The van der Waals surface area contributed by atoms with Gasteiger partial charge in [0.2, 0.25) is 0 Å². The van der Waals surface area contributed by atoms with Gasteiger partial charge in [-0.1, -0.05) is 24.3 Å². The molecule has 17 heteroatoms. The number of alkyl halides is 2. The number of aromatic amines is 1. The van der Waals surface area contributed by atoms with Crippen LogP contribution >= 0.6 is 11.3 Å². The number of hydrogen-bond acceptors (Lipinski definition) is 12. The van der Waals surface area contributed by atoms with E-state index in [-0.39, 0.29) is 53.2 Å². The average Bonchev–Trinajstić information content (AvgIpc) is 4.06. The molecule has 0 bridgehead atoms. The number of likely N-dealkylation sites (tertiary alicyclic amines) is 1. The molecule has 1 fully saturated rings. The highest BCUT2D eigenvalue weighted by molar-refractivity contribution is 7.23. The van der Waals surface area contributed by atoms with Gasteiger partial charge in [-0.05, 0) is 119 Å². The van der Waals surface area contributed by atoms with Crippen molar-refractivity contribution < 1.29 is 41.4 Å². The SMILES string of the molecule is CCOC(=O)c1c([C@@H]2CCCN2C(=O)OC(C)(C)C)nc(CCc2ccc(F)cc2)c(-c2n[nH]c(=O)o2)c1-c1cc2cc(C(F)F)nc(N[C@@H]3CCc4c(OC)cccc43)c2s1. The number of carbonyl (C=O) groups excluding carboxylic acids is 2. The van der Waals surface area contributed by atoms with Crippen LogP contribution < -0.4 is 15.8 Å². The summed E-state index contributed by atoms with van der Waals surface area (Å²) in [5.41, 5.74) is 2.43. The van der Waals surface area contributed by atoms with Crippen molar-refractivity contribution in [3.05, 3.63) is 110 Å². The van der Waals surface area contributed by atoms with Crippen molar-refractivity contribution in [2.75, 3.05) is 25.6 Å². The minimum atomic E-state index is -2.91. The molecule has 1 aliphatic heterocycles. The lowest BCUT2D eigenvalue weighted by atomic mass is 9.91. The number of ether oxygens (including phenoxy) is 3. The molecule has 0 unspecified atom stereocenters. The molecule has 5 heterocycles. The van der Waals surface area contributed by atoms with Crippen LogP contribution in [-0.2, 0) is 28.7 Å². The molecule has 0 radical (unpaired) electrons. The van der Waals surface area contributed by atoms with Gasteiger partial charge in [-0.3, -0.25) is 9.88 Å². The van der Waals surface area contributed by atoms with E-state index >= 15 is 0 Å². The predicted molar refractivity (Wildman–Crippen MR) is 226 cm³/mol. The van der Waals surface area contributed by atoms with Crippen LogP contribution in [0.2, 0.25) is 0 Å². The summed E-state index contributed by atoms with van der Waals surface area (Å²) >= 11 is 1.19. The van der Waals surface area contributed by atoms with Gasteiger partial charge in [0.1, 0.15) is 28.7 Å². The molecule has 1 amide bonds. The fourth-order valence-corrected chi connectivity index (χ4v) is 9.48. The number of fused-ring (bicyclic) bond motifs is 2. The number of benzene rings is 2. The molecule has 4 aromatic heterocycles. The van der Waals surface area contributed by atoms with E-state index < -0.39 is 47.4 Å². The Morgan fingerprint density at radius 3 is 2.55 bits per heavy atom. The number of halogens is 3. The Hall–Kier alpha value is -6.23. The van der Waals surface area contributed by atoms with Gasteiger partial charge in [-0.25, -0.2) is 37.6 Å². The summed E-state index contributed by atoms with van der Waals surface area (Å²) in [4.78, 5) is 52.6. The van der Waals surface area contributed by atoms with E-state index in [4.69, 9.17) is 23.6 Å². The first kappa shape index (κ1) is 42.5. The van der Waals surface area contributed by atoms with Crippen molar-refractivity contribution in [2.24, 2.45) is 0 Å². The summed E-state index contributed by atoms with van der Waals surface area (Å²) in [6, 6.07) is 13.7. The molecule has 62 heavy (non-hydrogen) atoms. The van der Waals surface area contributed by atoms with Crippen LogP contribution in [-0.4, -0.2) is 63.0 Å². The molecule has 2 N–H and O–H groups in total. The molecule has 13 nitrogen and oxygen atoms in total. The number of hydrogen-bond donors (Lipinski definition) is 2. The third-order valence-corrected chi connectivity index (χ3v) is 12.1. The number of rotatable bonds is 12. The van der Waals surface area contributed by atoms with Gasteiger partial charge in [0.15, 0.2) is 0 Å². The Balaban J connectivity index is 1.38. The lowest BCUT2D eigenvalue weighted by Crippen LogP contribution is -2.37. The zero-order chi connectivity index (χ0) is 43.9. The van der Waals surface area contributed by atoms with Crippen molar-refractivity contribution in [2.45, 2.75) is 90.3 Å². The lowest BCUT2D eigenvalue weighted by Gasteiger charge is -2.30. The summed E-state index contributed by atoms with van der Waals surface area (Å²) in [5.74, 6) is -1.27. The summed E-state index contributed by atoms with van der Waals surface area (Å²) in [7, 11) is 1.61. The molecule has 1 aliphatic carbocycles. The number of amides is 1. The van der Waals surface area contributed by atoms with Crippen LogP contribution in [0, 0.1) is 5.82 Å². The molecule has 2 atom stereocenters. The minimum absolute atomic E-state index is 0.0154. The Morgan fingerprint density at radius 1 is 1.06 bits per heavy atom. The number of esters is 1. The number of H-pyrrole nitrogens is 1. The molecule has 2 aliphatic rings. The summed E-state index contributed by atoms with van der Waals surface area (Å²) in [6.45, 7) is 7.24. The van der Waals surface area contributed by atoms with Gasteiger partial charge in [0, 0.05) is 17.0 Å². The van der Waals surface area contributed by atoms with Gasteiger partial charge in [-0.2, -0.15) is 0 Å². The number of carbonyl (C=O) groups is 2. The number of anilines is 1. The molecule has 1 saturated heterocycles. The van der Waals surface area contributed by atoms with Crippen LogP contribution in [0.15, 0.2) is 63.8 Å². The molecule has 6 aromatic rings. The van der Waals surface area contributed by atoms with Gasteiger partial charge < -0.3 is 23.9 Å². The second-order valence-corrected chi connectivity index (χ2v) is 17.2. The maximum atomic E-state index is 14.6. The molecule has 324 valence electrons. The molecule has 8 rings (SSSR count). The Labute approximate surface area is 358 Å². The number of aromatic nitrogens is 4. The number of pyridine rings is 2. The summed E-state index contributed by atoms with van der Waals surface area (Å²) in [5, 5.41) is 10.4. The smallest absolute Gasteiger partial charge is 0.434 e.